The van der Waals surface area contributed by atoms with Crippen LogP contribution in [0.2, 0.25) is 0 Å². The highest BCUT2D eigenvalue weighted by Gasteiger charge is 2.16. The molecule has 1 aromatic rings. The maximum Gasteiger partial charge on any atom is 0.354 e. The zero-order valence-electron chi connectivity index (χ0n) is 9.72. The monoisotopic (exact) mass is 237 g/mol. The zero-order valence-corrected chi connectivity index (χ0v) is 9.72. The molecule has 17 heavy (non-hydrogen) atoms. The van der Waals surface area contributed by atoms with Crippen molar-refractivity contribution in [2.45, 2.75) is 13.3 Å². The van der Waals surface area contributed by atoms with Gasteiger partial charge in [-0.05, 0) is 0 Å². The first-order valence-electron chi connectivity index (χ1n) is 5.64. The number of aryl methyl sites for hydroxylation is 1. The predicted octanol–water partition coefficient (Wildman–Crippen LogP) is 0.574. The molecule has 0 radical (unpaired) electrons. The first-order valence-corrected chi connectivity index (χ1v) is 5.64. The van der Waals surface area contributed by atoms with Crippen molar-refractivity contribution in [3.63, 3.8) is 0 Å². The Morgan fingerprint density at radius 3 is 2.76 bits per heavy atom. The molecule has 2 heterocycles. The van der Waals surface area contributed by atoms with Gasteiger partial charge in [-0.1, -0.05) is 6.92 Å². The molecule has 1 fully saturated rings. The molecule has 0 unspecified atom stereocenters. The van der Waals surface area contributed by atoms with E-state index in [1.165, 1.54) is 6.07 Å². The minimum absolute atomic E-state index is 0.0540. The number of morpholine rings is 1. The highest BCUT2D eigenvalue weighted by Crippen LogP contribution is 2.14. The standard InChI is InChI=1S/C11H15N3O3/c1-2-9-12-8(11(15)16)7-10(13-9)14-3-5-17-6-4-14/h7H,2-6H2,1H3,(H,15,16). The van der Waals surface area contributed by atoms with Gasteiger partial charge in [-0.3, -0.25) is 0 Å². The third-order valence-corrected chi connectivity index (χ3v) is 2.63. The highest BCUT2D eigenvalue weighted by molar-refractivity contribution is 5.86. The third-order valence-electron chi connectivity index (χ3n) is 2.63. The number of hydrogen-bond acceptors (Lipinski definition) is 5. The molecule has 0 saturated carbocycles. The number of anilines is 1. The predicted molar refractivity (Wildman–Crippen MR) is 61.4 cm³/mol. The lowest BCUT2D eigenvalue weighted by Crippen LogP contribution is -2.37. The molecule has 6 nitrogen and oxygen atoms in total. The Hall–Kier alpha value is -1.69. The van der Waals surface area contributed by atoms with Crippen LogP contribution in [0.1, 0.15) is 23.2 Å². The number of carboxylic acid groups (broad SMARTS) is 1. The molecule has 0 atom stereocenters. The lowest BCUT2D eigenvalue weighted by Gasteiger charge is -2.28. The number of nitrogens with zero attached hydrogens (tertiary/aromatic N) is 3. The van der Waals surface area contributed by atoms with E-state index in [2.05, 4.69) is 9.97 Å². The third kappa shape index (κ3) is 2.71. The van der Waals surface area contributed by atoms with Crippen molar-refractivity contribution in [3.8, 4) is 0 Å². The van der Waals surface area contributed by atoms with Gasteiger partial charge in [0.2, 0.25) is 0 Å². The van der Waals surface area contributed by atoms with E-state index < -0.39 is 5.97 Å². The van der Waals surface area contributed by atoms with Crippen molar-refractivity contribution in [3.05, 3.63) is 17.6 Å². The van der Waals surface area contributed by atoms with Crippen LogP contribution in [0.5, 0.6) is 0 Å². The van der Waals surface area contributed by atoms with Crippen LogP contribution in [0.4, 0.5) is 5.82 Å². The molecule has 1 aromatic heterocycles. The van der Waals surface area contributed by atoms with Gasteiger partial charge >= 0.3 is 5.97 Å². The first kappa shape index (κ1) is 11.8. The topological polar surface area (TPSA) is 75.5 Å². The lowest BCUT2D eigenvalue weighted by molar-refractivity contribution is 0.0690. The van der Waals surface area contributed by atoms with Crippen molar-refractivity contribution in [1.29, 1.82) is 0 Å². The van der Waals surface area contributed by atoms with E-state index in [0.717, 1.165) is 13.1 Å². The molecular formula is C11H15N3O3. The number of carboxylic acids is 1. The summed E-state index contributed by atoms with van der Waals surface area (Å²) in [7, 11) is 0. The summed E-state index contributed by atoms with van der Waals surface area (Å²) in [5.41, 5.74) is 0.0540. The average Bonchev–Trinajstić information content (AvgIpc) is 2.39. The summed E-state index contributed by atoms with van der Waals surface area (Å²) in [4.78, 5) is 21.3. The summed E-state index contributed by atoms with van der Waals surface area (Å²) < 4.78 is 5.25. The molecule has 1 saturated heterocycles. The Kier molecular flexibility index (Phi) is 3.53. The van der Waals surface area contributed by atoms with Gasteiger partial charge < -0.3 is 14.7 Å². The van der Waals surface area contributed by atoms with Crippen LogP contribution in [0.15, 0.2) is 6.07 Å². The summed E-state index contributed by atoms with van der Waals surface area (Å²) in [5.74, 6) is 0.223. The van der Waals surface area contributed by atoms with Crippen LogP contribution in [-0.4, -0.2) is 47.3 Å². The second kappa shape index (κ2) is 5.09. The fourth-order valence-corrected chi connectivity index (χ4v) is 1.71. The Bertz CT molecular complexity index is 416. The summed E-state index contributed by atoms with van der Waals surface area (Å²) in [6, 6.07) is 1.52. The molecule has 0 amide bonds. The number of carbonyl (C=O) groups is 1. The van der Waals surface area contributed by atoms with E-state index in [1.807, 2.05) is 11.8 Å². The van der Waals surface area contributed by atoms with Crippen molar-refractivity contribution >= 4 is 11.8 Å². The number of hydrogen-bond donors (Lipinski definition) is 1. The minimum Gasteiger partial charge on any atom is -0.477 e. The molecule has 0 aliphatic carbocycles. The fourth-order valence-electron chi connectivity index (χ4n) is 1.71. The Labute approximate surface area is 99.2 Å². The molecule has 0 bridgehead atoms. The van der Waals surface area contributed by atoms with Crippen molar-refractivity contribution in [1.82, 2.24) is 9.97 Å². The van der Waals surface area contributed by atoms with Gasteiger partial charge in [0.1, 0.15) is 11.6 Å². The van der Waals surface area contributed by atoms with Gasteiger partial charge in [0.15, 0.2) is 5.69 Å². The molecule has 6 heteroatoms. The van der Waals surface area contributed by atoms with Gasteiger partial charge in [-0.15, -0.1) is 0 Å². The van der Waals surface area contributed by atoms with Gasteiger partial charge in [0.05, 0.1) is 13.2 Å². The Morgan fingerprint density at radius 2 is 2.18 bits per heavy atom. The zero-order chi connectivity index (χ0) is 12.3. The number of rotatable bonds is 3. The van der Waals surface area contributed by atoms with Gasteiger partial charge in [-0.25, -0.2) is 14.8 Å². The maximum absolute atomic E-state index is 11.0. The van der Waals surface area contributed by atoms with Gasteiger partial charge in [0, 0.05) is 25.6 Å². The lowest BCUT2D eigenvalue weighted by atomic mass is 10.3. The molecule has 1 N–H and O–H groups in total. The SMILES string of the molecule is CCc1nc(C(=O)O)cc(N2CCOCC2)n1. The first-order chi connectivity index (χ1) is 8.20. The molecule has 2 rings (SSSR count). The molecule has 92 valence electrons. The van der Waals surface area contributed by atoms with Crippen LogP contribution >= 0.6 is 0 Å². The highest BCUT2D eigenvalue weighted by atomic mass is 16.5. The average molecular weight is 237 g/mol. The normalized spacial score (nSPS) is 15.9. The summed E-state index contributed by atoms with van der Waals surface area (Å²) >= 11 is 0. The molecular weight excluding hydrogens is 222 g/mol. The summed E-state index contributed by atoms with van der Waals surface area (Å²) in [5, 5.41) is 8.99. The van der Waals surface area contributed by atoms with Crippen molar-refractivity contribution in [2.75, 3.05) is 31.2 Å². The van der Waals surface area contributed by atoms with E-state index in [4.69, 9.17) is 9.84 Å². The van der Waals surface area contributed by atoms with Crippen LogP contribution in [0, 0.1) is 0 Å². The number of aromatic carboxylic acids is 1. The smallest absolute Gasteiger partial charge is 0.354 e. The van der Waals surface area contributed by atoms with Crippen LogP contribution in [0.3, 0.4) is 0 Å². The van der Waals surface area contributed by atoms with Crippen LogP contribution in [-0.2, 0) is 11.2 Å². The van der Waals surface area contributed by atoms with E-state index in [1.54, 1.807) is 0 Å². The van der Waals surface area contributed by atoms with Crippen LogP contribution < -0.4 is 4.90 Å². The quantitative estimate of drug-likeness (QED) is 0.828. The number of ether oxygens (including phenoxy) is 1. The Morgan fingerprint density at radius 1 is 1.47 bits per heavy atom. The Balaban J connectivity index is 2.31. The van der Waals surface area contributed by atoms with E-state index in [0.29, 0.717) is 31.3 Å². The van der Waals surface area contributed by atoms with Gasteiger partial charge in [-0.2, -0.15) is 0 Å². The van der Waals surface area contributed by atoms with E-state index in [-0.39, 0.29) is 5.69 Å². The van der Waals surface area contributed by atoms with Crippen molar-refractivity contribution < 1.29 is 14.6 Å². The van der Waals surface area contributed by atoms with Crippen LogP contribution in [0.25, 0.3) is 0 Å². The summed E-state index contributed by atoms with van der Waals surface area (Å²) in [6.45, 7) is 4.67. The largest absolute Gasteiger partial charge is 0.477 e. The molecule has 1 aliphatic heterocycles. The minimum atomic E-state index is -1.02. The molecule has 0 spiro atoms. The second-order valence-corrected chi connectivity index (χ2v) is 3.79. The molecule has 0 aromatic carbocycles. The second-order valence-electron chi connectivity index (χ2n) is 3.79. The number of aromatic nitrogens is 2. The van der Waals surface area contributed by atoms with E-state index >= 15 is 0 Å². The van der Waals surface area contributed by atoms with E-state index in [9.17, 15) is 4.79 Å². The summed E-state index contributed by atoms with van der Waals surface area (Å²) in [6.07, 6.45) is 0.623. The molecule has 1 aliphatic rings. The maximum atomic E-state index is 11.0. The van der Waals surface area contributed by atoms with Crippen molar-refractivity contribution in [2.24, 2.45) is 0 Å². The fraction of sp³-hybridized carbons (Fsp3) is 0.545. The van der Waals surface area contributed by atoms with Gasteiger partial charge in [0.25, 0.3) is 0 Å².